The lowest BCUT2D eigenvalue weighted by Crippen LogP contribution is -2.32. The van der Waals surface area contributed by atoms with Gasteiger partial charge in [0.2, 0.25) is 0 Å². The highest BCUT2D eigenvalue weighted by molar-refractivity contribution is 9.10. The van der Waals surface area contributed by atoms with Gasteiger partial charge in [-0.15, -0.1) is 0 Å². The summed E-state index contributed by atoms with van der Waals surface area (Å²) in [4.78, 5) is 22.5. The van der Waals surface area contributed by atoms with Crippen LogP contribution in [0, 0.1) is 11.8 Å². The van der Waals surface area contributed by atoms with Crippen LogP contribution in [-0.4, -0.2) is 29.3 Å². The van der Waals surface area contributed by atoms with Gasteiger partial charge >= 0.3 is 12.1 Å². The first-order valence-electron chi connectivity index (χ1n) is 6.67. The number of hydrogen-bond donors (Lipinski definition) is 2. The van der Waals surface area contributed by atoms with E-state index in [1.807, 2.05) is 0 Å². The highest BCUT2D eigenvalue weighted by Crippen LogP contribution is 2.16. The Morgan fingerprint density at radius 1 is 1.36 bits per heavy atom. The summed E-state index contributed by atoms with van der Waals surface area (Å²) in [5.74, 6) is 4.61. The molecule has 1 aromatic rings. The molecule has 118 valence electrons. The molecule has 2 N–H and O–H groups in total. The number of carbonyl (C=O) groups is 2. The van der Waals surface area contributed by atoms with Gasteiger partial charge in [-0.2, -0.15) is 0 Å². The minimum absolute atomic E-state index is 0.141. The summed E-state index contributed by atoms with van der Waals surface area (Å²) in [6, 6.07) is 4.88. The second-order valence-electron chi connectivity index (χ2n) is 5.48. The average Bonchev–Trinajstić information content (AvgIpc) is 2.37. The summed E-state index contributed by atoms with van der Waals surface area (Å²) in [5.41, 5.74) is 0.0405. The summed E-state index contributed by atoms with van der Waals surface area (Å²) < 4.78 is 5.77. The Kier molecular flexibility index (Phi) is 6.44. The summed E-state index contributed by atoms with van der Waals surface area (Å²) in [6.07, 6.45) is -0.0990. The number of halogens is 1. The fraction of sp³-hybridized carbons (Fsp3) is 0.375. The van der Waals surface area contributed by atoms with Gasteiger partial charge in [0.1, 0.15) is 5.60 Å². The molecule has 0 aromatic heterocycles. The number of aromatic carboxylic acids is 1. The lowest BCUT2D eigenvalue weighted by atomic mass is 10.1. The summed E-state index contributed by atoms with van der Waals surface area (Å²) in [5, 5.41) is 11.7. The molecule has 0 aliphatic carbocycles. The van der Waals surface area contributed by atoms with E-state index in [2.05, 4.69) is 33.1 Å². The molecule has 5 nitrogen and oxygen atoms in total. The van der Waals surface area contributed by atoms with Crippen molar-refractivity contribution in [2.24, 2.45) is 0 Å². The number of nitrogens with one attached hydrogen (secondary N) is 1. The Balaban J connectivity index is 2.55. The number of carboxylic acids is 1. The van der Waals surface area contributed by atoms with E-state index < -0.39 is 17.7 Å². The van der Waals surface area contributed by atoms with E-state index in [0.29, 0.717) is 23.0 Å². The van der Waals surface area contributed by atoms with Crippen LogP contribution in [0.1, 0.15) is 43.1 Å². The van der Waals surface area contributed by atoms with Crippen LogP contribution in [0.3, 0.4) is 0 Å². The molecular formula is C16H18BrNO4. The maximum Gasteiger partial charge on any atom is 0.407 e. The Morgan fingerprint density at radius 2 is 2.05 bits per heavy atom. The van der Waals surface area contributed by atoms with Gasteiger partial charge in [0.25, 0.3) is 0 Å². The highest BCUT2D eigenvalue weighted by Gasteiger charge is 2.15. The Morgan fingerprint density at radius 3 is 2.64 bits per heavy atom. The van der Waals surface area contributed by atoms with Crippen LogP contribution in [-0.2, 0) is 4.74 Å². The molecule has 1 rings (SSSR count). The number of hydrogen-bond acceptors (Lipinski definition) is 3. The smallest absolute Gasteiger partial charge is 0.407 e. The van der Waals surface area contributed by atoms with Crippen molar-refractivity contribution in [2.75, 3.05) is 6.54 Å². The maximum absolute atomic E-state index is 11.4. The first-order chi connectivity index (χ1) is 10.2. The van der Waals surface area contributed by atoms with E-state index in [1.54, 1.807) is 32.9 Å². The molecule has 0 unspecified atom stereocenters. The summed E-state index contributed by atoms with van der Waals surface area (Å²) in [6.45, 7) is 5.69. The van der Waals surface area contributed by atoms with E-state index in [1.165, 1.54) is 6.07 Å². The van der Waals surface area contributed by atoms with Gasteiger partial charge in [-0.05, 0) is 39.0 Å². The molecule has 0 spiro atoms. The van der Waals surface area contributed by atoms with Crippen LogP contribution >= 0.6 is 15.9 Å². The van der Waals surface area contributed by atoms with Crippen molar-refractivity contribution in [3.8, 4) is 11.8 Å². The lowest BCUT2D eigenvalue weighted by Gasteiger charge is -2.19. The highest BCUT2D eigenvalue weighted by atomic mass is 79.9. The Hall–Kier alpha value is -2.00. The number of carbonyl (C=O) groups excluding carboxylic acids is 1. The number of amides is 1. The van der Waals surface area contributed by atoms with Crippen LogP contribution in [0.4, 0.5) is 4.79 Å². The van der Waals surface area contributed by atoms with Crippen molar-refractivity contribution in [3.05, 3.63) is 33.8 Å². The van der Waals surface area contributed by atoms with Crippen molar-refractivity contribution < 1.29 is 19.4 Å². The second kappa shape index (κ2) is 7.85. The van der Waals surface area contributed by atoms with Crippen molar-refractivity contribution in [2.45, 2.75) is 32.8 Å². The largest absolute Gasteiger partial charge is 0.478 e. The minimum atomic E-state index is -1.03. The molecule has 0 radical (unpaired) electrons. The molecule has 0 atom stereocenters. The van der Waals surface area contributed by atoms with Gasteiger partial charge in [-0.1, -0.05) is 27.8 Å². The predicted molar refractivity (Wildman–Crippen MR) is 86.8 cm³/mol. The molecular weight excluding hydrogens is 350 g/mol. The number of carboxylic acid groups (broad SMARTS) is 1. The van der Waals surface area contributed by atoms with Crippen molar-refractivity contribution >= 4 is 28.0 Å². The molecule has 6 heteroatoms. The normalized spacial score (nSPS) is 10.4. The zero-order chi connectivity index (χ0) is 16.8. The molecule has 1 aromatic carbocycles. The van der Waals surface area contributed by atoms with Crippen molar-refractivity contribution in [1.29, 1.82) is 0 Å². The first kappa shape index (κ1) is 18.1. The number of benzene rings is 1. The molecule has 0 saturated carbocycles. The number of alkyl carbamates (subject to hydrolysis) is 1. The van der Waals surface area contributed by atoms with E-state index in [0.717, 1.165) is 0 Å². The van der Waals surface area contributed by atoms with E-state index in [-0.39, 0.29) is 5.56 Å². The van der Waals surface area contributed by atoms with Crippen molar-refractivity contribution in [3.63, 3.8) is 0 Å². The minimum Gasteiger partial charge on any atom is -0.478 e. The third-order valence-electron chi connectivity index (χ3n) is 2.35. The molecule has 0 bridgehead atoms. The van der Waals surface area contributed by atoms with Gasteiger partial charge in [0.05, 0.1) is 5.56 Å². The van der Waals surface area contributed by atoms with Crippen molar-refractivity contribution in [1.82, 2.24) is 5.32 Å². The number of ether oxygens (including phenoxy) is 1. The SMILES string of the molecule is CC(C)(C)OC(=O)NCCC#Cc1ccc(Br)cc1C(=O)O. The topological polar surface area (TPSA) is 75.6 Å². The van der Waals surface area contributed by atoms with E-state index in [4.69, 9.17) is 9.84 Å². The van der Waals surface area contributed by atoms with Crippen LogP contribution < -0.4 is 5.32 Å². The fourth-order valence-electron chi connectivity index (χ4n) is 1.50. The molecule has 22 heavy (non-hydrogen) atoms. The quantitative estimate of drug-likeness (QED) is 0.633. The van der Waals surface area contributed by atoms with Gasteiger partial charge < -0.3 is 15.2 Å². The van der Waals surface area contributed by atoms with Gasteiger partial charge in [-0.3, -0.25) is 0 Å². The van der Waals surface area contributed by atoms with Gasteiger partial charge in [0.15, 0.2) is 0 Å². The monoisotopic (exact) mass is 367 g/mol. The Labute approximate surface area is 138 Å². The average molecular weight is 368 g/mol. The number of rotatable bonds is 3. The van der Waals surface area contributed by atoms with Gasteiger partial charge in [0, 0.05) is 23.0 Å². The van der Waals surface area contributed by atoms with Gasteiger partial charge in [-0.25, -0.2) is 9.59 Å². The summed E-state index contributed by atoms with van der Waals surface area (Å²) >= 11 is 3.22. The zero-order valence-electron chi connectivity index (χ0n) is 12.7. The molecule has 0 aliphatic rings. The van der Waals surface area contributed by atoms with Crippen LogP contribution in [0.15, 0.2) is 22.7 Å². The second-order valence-corrected chi connectivity index (χ2v) is 6.39. The predicted octanol–water partition coefficient (Wildman–Crippen LogP) is 3.41. The maximum atomic E-state index is 11.4. The third-order valence-corrected chi connectivity index (χ3v) is 2.85. The van der Waals surface area contributed by atoms with Crippen LogP contribution in [0.25, 0.3) is 0 Å². The van der Waals surface area contributed by atoms with E-state index in [9.17, 15) is 9.59 Å². The first-order valence-corrected chi connectivity index (χ1v) is 7.47. The lowest BCUT2D eigenvalue weighted by molar-refractivity contribution is 0.0528. The van der Waals surface area contributed by atoms with Crippen LogP contribution in [0.5, 0.6) is 0 Å². The third kappa shape index (κ3) is 6.64. The molecule has 0 heterocycles. The van der Waals surface area contributed by atoms with Crippen LogP contribution in [0.2, 0.25) is 0 Å². The molecule has 0 saturated heterocycles. The van der Waals surface area contributed by atoms with E-state index >= 15 is 0 Å². The zero-order valence-corrected chi connectivity index (χ0v) is 14.3. The fourth-order valence-corrected chi connectivity index (χ4v) is 1.86. The Bertz CT molecular complexity index is 623. The summed E-state index contributed by atoms with van der Waals surface area (Å²) in [7, 11) is 0. The molecule has 0 aliphatic heterocycles. The molecule has 0 fully saturated rings. The molecule has 1 amide bonds. The standard InChI is InChI=1S/C16H18BrNO4/c1-16(2,3)22-15(21)18-9-5-4-6-11-7-8-12(17)10-13(11)14(19)20/h7-8,10H,5,9H2,1-3H3,(H,18,21)(H,19,20).